The quantitative estimate of drug-likeness (QED) is 0.564. The lowest BCUT2D eigenvalue weighted by molar-refractivity contribution is 0.0998. The van der Waals surface area contributed by atoms with Crippen molar-refractivity contribution in [1.29, 1.82) is 0 Å². The topological polar surface area (TPSA) is 107 Å². The lowest BCUT2D eigenvalue weighted by Gasteiger charge is -2.33. The number of carbonyl (C=O) groups is 1. The van der Waals surface area contributed by atoms with E-state index in [1.165, 1.54) is 12.3 Å². The summed E-state index contributed by atoms with van der Waals surface area (Å²) in [5, 5.41) is 12.8. The van der Waals surface area contributed by atoms with E-state index in [4.69, 9.17) is 9.47 Å². The number of phenols is 1. The number of benzene rings is 1. The number of phenolic OH excluding ortho intramolecular Hbond substituents is 1. The smallest absolute Gasteiger partial charge is 0.322 e. The summed E-state index contributed by atoms with van der Waals surface area (Å²) in [5.74, 6) is -0.536. The van der Waals surface area contributed by atoms with Gasteiger partial charge in [-0.3, -0.25) is 9.59 Å². The van der Waals surface area contributed by atoms with Gasteiger partial charge < -0.3 is 19.1 Å². The number of pyridine rings is 1. The zero-order chi connectivity index (χ0) is 21.1. The molecule has 0 bridgehead atoms. The number of nitrogens with zero attached hydrogens (tertiary/aromatic N) is 2. The van der Waals surface area contributed by atoms with E-state index in [0.29, 0.717) is 43.1 Å². The molecule has 2 aromatic rings. The van der Waals surface area contributed by atoms with Gasteiger partial charge in [0.1, 0.15) is 5.56 Å². The number of methoxy groups -OCH3 is 1. The number of ether oxygens (including phenoxy) is 2. The molecule has 154 valence electrons. The first-order valence-corrected chi connectivity index (χ1v) is 9.49. The van der Waals surface area contributed by atoms with Crippen molar-refractivity contribution in [2.75, 3.05) is 20.3 Å². The third-order valence-electron chi connectivity index (χ3n) is 5.16. The van der Waals surface area contributed by atoms with E-state index in [1.807, 2.05) is 18.4 Å². The molecule has 2 heterocycles. The number of carbonyl (C=O) groups excluding carboxylic acids is 1. The predicted molar refractivity (Wildman–Crippen MR) is 107 cm³/mol. The number of fused-ring (bicyclic) bond motifs is 3. The third-order valence-corrected chi connectivity index (χ3v) is 5.16. The molecular formula is C21H24N2O6. The van der Waals surface area contributed by atoms with Crippen molar-refractivity contribution in [3.05, 3.63) is 50.7 Å². The fourth-order valence-electron chi connectivity index (χ4n) is 3.65. The first-order chi connectivity index (χ1) is 13.9. The molecule has 0 spiro atoms. The normalized spacial score (nSPS) is 15.0. The first kappa shape index (κ1) is 20.7. The molecule has 1 atom stereocenters. The minimum atomic E-state index is -1.08. The summed E-state index contributed by atoms with van der Waals surface area (Å²) in [6.45, 7) is 5.06. The zero-order valence-electron chi connectivity index (χ0n) is 16.7. The monoisotopic (exact) mass is 400 g/mol. The van der Waals surface area contributed by atoms with E-state index in [1.54, 1.807) is 19.2 Å². The number of hydrogen-bond acceptors (Lipinski definition) is 6. The highest BCUT2D eigenvalue weighted by Gasteiger charge is 2.29. The summed E-state index contributed by atoms with van der Waals surface area (Å²) in [5.41, 5.74) is 1.39. The van der Waals surface area contributed by atoms with Gasteiger partial charge in [-0.1, -0.05) is 13.8 Å². The van der Waals surface area contributed by atoms with Crippen molar-refractivity contribution in [3.8, 4) is 22.8 Å². The fourth-order valence-corrected chi connectivity index (χ4v) is 3.65. The molecule has 3 rings (SSSR count). The Bertz CT molecular complexity index is 995. The molecule has 0 fully saturated rings. The van der Waals surface area contributed by atoms with Gasteiger partial charge in [0.2, 0.25) is 0 Å². The summed E-state index contributed by atoms with van der Waals surface area (Å²) >= 11 is 0. The molecular weight excluding hydrogens is 376 g/mol. The Morgan fingerprint density at radius 2 is 2.07 bits per heavy atom. The Labute approximate surface area is 168 Å². The molecule has 1 N–H and O–H groups in total. The van der Waals surface area contributed by atoms with Gasteiger partial charge in [0.25, 0.3) is 0 Å². The largest absolute Gasteiger partial charge is 0.504 e. The van der Waals surface area contributed by atoms with E-state index in [9.17, 15) is 19.6 Å². The average Bonchev–Trinajstić information content (AvgIpc) is 2.70. The molecule has 1 aromatic carbocycles. The average molecular weight is 400 g/mol. The van der Waals surface area contributed by atoms with Crippen LogP contribution in [-0.4, -0.2) is 35.9 Å². The van der Waals surface area contributed by atoms with E-state index >= 15 is 0 Å². The SMILES string of the molecule is COCCCOc1cc2c(cc1O)-c1cc(=O)c(C(=O)N=O)cn1[C@@H](C(C)C)C2. The minimum Gasteiger partial charge on any atom is -0.504 e. The predicted octanol–water partition coefficient (Wildman–Crippen LogP) is 3.30. The highest BCUT2D eigenvalue weighted by molar-refractivity contribution is 5.94. The van der Waals surface area contributed by atoms with E-state index in [-0.39, 0.29) is 23.3 Å². The summed E-state index contributed by atoms with van der Waals surface area (Å²) in [6.07, 6.45) is 2.72. The number of amides is 1. The van der Waals surface area contributed by atoms with Gasteiger partial charge in [-0.05, 0) is 30.0 Å². The second-order valence-electron chi connectivity index (χ2n) is 7.43. The Morgan fingerprint density at radius 3 is 2.72 bits per heavy atom. The van der Waals surface area contributed by atoms with E-state index in [2.05, 4.69) is 5.18 Å². The summed E-state index contributed by atoms with van der Waals surface area (Å²) in [7, 11) is 1.62. The lowest BCUT2D eigenvalue weighted by atomic mass is 9.87. The summed E-state index contributed by atoms with van der Waals surface area (Å²) in [4.78, 5) is 34.8. The second kappa shape index (κ2) is 8.57. The Balaban J connectivity index is 2.08. The van der Waals surface area contributed by atoms with Crippen LogP contribution in [0.3, 0.4) is 0 Å². The van der Waals surface area contributed by atoms with Crippen LogP contribution in [0.1, 0.15) is 42.2 Å². The Morgan fingerprint density at radius 1 is 1.31 bits per heavy atom. The lowest BCUT2D eigenvalue weighted by Crippen LogP contribution is -2.28. The summed E-state index contributed by atoms with van der Waals surface area (Å²) in [6, 6.07) is 4.65. The maximum atomic E-state index is 12.4. The van der Waals surface area contributed by atoms with Crippen molar-refractivity contribution in [2.45, 2.75) is 32.7 Å². The fraction of sp³-hybridized carbons (Fsp3) is 0.429. The van der Waals surface area contributed by atoms with Crippen LogP contribution in [0.2, 0.25) is 0 Å². The maximum Gasteiger partial charge on any atom is 0.322 e. The number of hydrogen-bond donors (Lipinski definition) is 1. The molecule has 8 nitrogen and oxygen atoms in total. The third kappa shape index (κ3) is 4.07. The van der Waals surface area contributed by atoms with Crippen molar-refractivity contribution in [2.24, 2.45) is 11.1 Å². The van der Waals surface area contributed by atoms with Crippen LogP contribution in [0.15, 0.2) is 34.4 Å². The van der Waals surface area contributed by atoms with Gasteiger partial charge in [-0.25, -0.2) is 0 Å². The molecule has 1 aliphatic heterocycles. The van der Waals surface area contributed by atoms with Crippen LogP contribution >= 0.6 is 0 Å². The number of aromatic nitrogens is 1. The zero-order valence-corrected chi connectivity index (χ0v) is 16.7. The minimum absolute atomic E-state index is 0.0297. The van der Waals surface area contributed by atoms with Gasteiger partial charge in [0, 0.05) is 49.2 Å². The number of nitroso groups, excluding NO2 is 1. The Kier molecular flexibility index (Phi) is 6.12. The molecule has 0 unspecified atom stereocenters. The van der Waals surface area contributed by atoms with Crippen LogP contribution < -0.4 is 10.2 Å². The number of aromatic hydroxyl groups is 1. The van der Waals surface area contributed by atoms with Crippen molar-refractivity contribution < 1.29 is 19.4 Å². The highest BCUT2D eigenvalue weighted by Crippen LogP contribution is 2.42. The molecule has 29 heavy (non-hydrogen) atoms. The Hall–Kier alpha value is -3.00. The van der Waals surface area contributed by atoms with Crippen LogP contribution in [0, 0.1) is 10.8 Å². The molecule has 0 saturated carbocycles. The molecule has 8 heteroatoms. The molecule has 0 radical (unpaired) electrons. The molecule has 0 aliphatic carbocycles. The molecule has 1 aromatic heterocycles. The maximum absolute atomic E-state index is 12.4. The van der Waals surface area contributed by atoms with Crippen LogP contribution in [-0.2, 0) is 11.2 Å². The van der Waals surface area contributed by atoms with Gasteiger partial charge in [0.15, 0.2) is 16.9 Å². The van der Waals surface area contributed by atoms with Gasteiger partial charge in [0.05, 0.1) is 12.3 Å². The molecule has 0 saturated heterocycles. The second-order valence-corrected chi connectivity index (χ2v) is 7.43. The van der Waals surface area contributed by atoms with E-state index in [0.717, 1.165) is 5.56 Å². The standard InChI is InChI=1S/C21H24N2O6/c1-12(2)16-7-13-8-20(29-6-4-5-28-3)19(25)9-14(13)17-10-18(24)15(11-23(16)17)21(26)22-27/h8-12,16,25H,4-7H2,1-3H3/t16-/m1/s1. The van der Waals surface area contributed by atoms with E-state index < -0.39 is 11.3 Å². The van der Waals surface area contributed by atoms with Crippen molar-refractivity contribution >= 4 is 5.91 Å². The van der Waals surface area contributed by atoms with Crippen molar-refractivity contribution in [1.82, 2.24) is 4.57 Å². The van der Waals surface area contributed by atoms with Gasteiger partial charge in [-0.2, -0.15) is 0 Å². The molecule has 1 aliphatic rings. The van der Waals surface area contributed by atoms with Crippen LogP contribution in [0.25, 0.3) is 11.3 Å². The molecule has 1 amide bonds. The van der Waals surface area contributed by atoms with Crippen molar-refractivity contribution in [3.63, 3.8) is 0 Å². The van der Waals surface area contributed by atoms with Gasteiger partial charge in [-0.15, -0.1) is 4.91 Å². The van der Waals surface area contributed by atoms with Gasteiger partial charge >= 0.3 is 5.91 Å². The van der Waals surface area contributed by atoms with Crippen LogP contribution in [0.5, 0.6) is 11.5 Å². The summed E-state index contributed by atoms with van der Waals surface area (Å²) < 4.78 is 12.5. The first-order valence-electron chi connectivity index (χ1n) is 9.49. The van der Waals surface area contributed by atoms with Crippen LogP contribution in [0.4, 0.5) is 0 Å². The number of rotatable bonds is 7. The highest BCUT2D eigenvalue weighted by atomic mass is 16.5.